The number of nitrogens with one attached hydrogen (secondary N) is 1. The number of rotatable bonds is 7. The smallest absolute Gasteiger partial charge is 0.416 e. The summed E-state index contributed by atoms with van der Waals surface area (Å²) < 4.78 is 48.0. The zero-order valence-corrected chi connectivity index (χ0v) is 25.5. The number of benzene rings is 4. The number of hydrogen-bond donors (Lipinski definition) is 1. The number of nitrogens with zero attached hydrogens (tertiary/aromatic N) is 3. The Hall–Kier alpha value is -4.29. The molecule has 4 aromatic carbocycles. The molecular weight excluding hydrogens is 693 g/mol. The van der Waals surface area contributed by atoms with Gasteiger partial charge in [0.1, 0.15) is 5.75 Å². The largest absolute Gasteiger partial charge is 0.481 e. The van der Waals surface area contributed by atoms with Gasteiger partial charge in [-0.1, -0.05) is 42.5 Å². The van der Waals surface area contributed by atoms with E-state index in [9.17, 15) is 22.8 Å². The number of carbonyl (C=O) groups is 1. The fourth-order valence-corrected chi connectivity index (χ4v) is 5.66. The molecule has 0 fully saturated rings. The molecule has 0 radical (unpaired) electrons. The Bertz CT molecular complexity index is 1920. The van der Waals surface area contributed by atoms with Crippen LogP contribution >= 0.6 is 31.9 Å². The number of fused-ring (bicyclic) bond motifs is 1. The lowest BCUT2D eigenvalue weighted by atomic mass is 10.1. The minimum atomic E-state index is -4.58. The predicted octanol–water partition coefficient (Wildman–Crippen LogP) is 7.82. The Morgan fingerprint density at radius 1 is 1.00 bits per heavy atom. The van der Waals surface area contributed by atoms with Gasteiger partial charge in [-0.2, -0.15) is 22.9 Å². The summed E-state index contributed by atoms with van der Waals surface area (Å²) in [5, 5.41) is 7.38. The first kappa shape index (κ1) is 30.2. The van der Waals surface area contributed by atoms with Crippen molar-refractivity contribution in [3.05, 3.63) is 121 Å². The molecule has 1 amide bonds. The maximum absolute atomic E-state index is 13.4. The molecule has 5 rings (SSSR count). The van der Waals surface area contributed by atoms with Crippen molar-refractivity contribution in [2.45, 2.75) is 13.1 Å². The summed E-state index contributed by atoms with van der Waals surface area (Å²) in [5.41, 5.74) is 1.09. The molecular formula is C31H21Br2F3N4O3. The Morgan fingerprint density at radius 3 is 2.42 bits per heavy atom. The number of carbonyl (C=O) groups excluding carboxylic acids is 1. The molecule has 0 saturated heterocycles. The second kappa shape index (κ2) is 12.5. The fraction of sp³-hybridized carbons (Fsp3) is 0.0968. The number of hydrogen-bond acceptors (Lipinski definition) is 5. The highest BCUT2D eigenvalue weighted by Gasteiger charge is 2.31. The molecule has 1 N–H and O–H groups in total. The van der Waals surface area contributed by atoms with E-state index < -0.39 is 17.3 Å². The highest BCUT2D eigenvalue weighted by atomic mass is 79.9. The lowest BCUT2D eigenvalue weighted by Gasteiger charge is -2.13. The Kier molecular flexibility index (Phi) is 8.79. The van der Waals surface area contributed by atoms with Crippen molar-refractivity contribution in [3.63, 3.8) is 0 Å². The van der Waals surface area contributed by atoms with Crippen LogP contribution in [0.4, 0.5) is 18.9 Å². The maximum Gasteiger partial charge on any atom is 0.416 e. The predicted molar refractivity (Wildman–Crippen MR) is 167 cm³/mol. The van der Waals surface area contributed by atoms with Crippen molar-refractivity contribution in [2.75, 3.05) is 11.9 Å². The van der Waals surface area contributed by atoms with Crippen LogP contribution in [0.25, 0.3) is 22.3 Å². The third kappa shape index (κ3) is 6.86. The van der Waals surface area contributed by atoms with E-state index in [2.05, 4.69) is 47.3 Å². The molecule has 0 saturated carbocycles. The highest BCUT2D eigenvalue weighted by Crippen LogP contribution is 2.35. The van der Waals surface area contributed by atoms with Crippen molar-refractivity contribution in [1.29, 1.82) is 0 Å². The molecule has 0 atom stereocenters. The Morgan fingerprint density at radius 2 is 1.70 bits per heavy atom. The second-order valence-electron chi connectivity index (χ2n) is 9.36. The van der Waals surface area contributed by atoms with Crippen molar-refractivity contribution in [3.8, 4) is 17.1 Å². The van der Waals surface area contributed by atoms with E-state index >= 15 is 0 Å². The molecule has 0 aliphatic rings. The van der Waals surface area contributed by atoms with E-state index in [1.807, 2.05) is 25.1 Å². The number of ether oxygens (including phenoxy) is 1. The van der Waals surface area contributed by atoms with Gasteiger partial charge in [-0.05, 0) is 92.4 Å². The third-order valence-electron chi connectivity index (χ3n) is 6.31. The minimum absolute atomic E-state index is 0.0520. The monoisotopic (exact) mass is 712 g/mol. The molecule has 0 bridgehead atoms. The first-order valence-electron chi connectivity index (χ1n) is 12.7. The van der Waals surface area contributed by atoms with Gasteiger partial charge in [0, 0.05) is 11.3 Å². The van der Waals surface area contributed by atoms with Crippen LogP contribution in [0.5, 0.6) is 5.75 Å². The van der Waals surface area contributed by atoms with E-state index in [1.54, 1.807) is 42.5 Å². The van der Waals surface area contributed by atoms with Gasteiger partial charge in [0.25, 0.3) is 11.5 Å². The second-order valence-corrected chi connectivity index (χ2v) is 11.1. The van der Waals surface area contributed by atoms with E-state index in [4.69, 9.17) is 4.74 Å². The minimum Gasteiger partial charge on any atom is -0.481 e. The topological polar surface area (TPSA) is 85.6 Å². The van der Waals surface area contributed by atoms with E-state index in [1.165, 1.54) is 18.3 Å². The van der Waals surface area contributed by atoms with E-state index in [0.717, 1.165) is 22.4 Å². The van der Waals surface area contributed by atoms with Gasteiger partial charge in [0.15, 0.2) is 12.4 Å². The number of anilines is 1. The molecule has 43 heavy (non-hydrogen) atoms. The van der Waals surface area contributed by atoms with Crippen LogP contribution in [0.15, 0.2) is 104 Å². The first-order chi connectivity index (χ1) is 20.5. The van der Waals surface area contributed by atoms with Crippen molar-refractivity contribution in [1.82, 2.24) is 9.66 Å². The summed E-state index contributed by atoms with van der Waals surface area (Å²) in [6.45, 7) is 1.63. The van der Waals surface area contributed by atoms with E-state index in [0.29, 0.717) is 31.5 Å². The van der Waals surface area contributed by atoms with Gasteiger partial charge in [-0.15, -0.1) is 0 Å². The van der Waals surface area contributed by atoms with Gasteiger partial charge in [0.2, 0.25) is 0 Å². The van der Waals surface area contributed by atoms with Crippen LogP contribution < -0.4 is 15.6 Å². The average molecular weight is 714 g/mol. The molecule has 12 heteroatoms. The lowest BCUT2D eigenvalue weighted by molar-refractivity contribution is -0.137. The van der Waals surface area contributed by atoms with Crippen molar-refractivity contribution in [2.24, 2.45) is 5.10 Å². The summed E-state index contributed by atoms with van der Waals surface area (Å²) in [6.07, 6.45) is -3.20. The molecule has 0 aliphatic heterocycles. The summed E-state index contributed by atoms with van der Waals surface area (Å²) in [7, 11) is 0. The SMILES string of the molecule is Cc1ccccc1NC(=O)COc1c(Br)cc(C=Nn2c(-c3cccc(C(F)(F)F)c3)nc3ccccc3c2=O)cc1Br. The summed E-state index contributed by atoms with van der Waals surface area (Å²) in [6, 6.07) is 21.8. The van der Waals surface area contributed by atoms with Crippen LogP contribution in [0.3, 0.4) is 0 Å². The molecule has 1 aromatic heterocycles. The lowest BCUT2D eigenvalue weighted by Crippen LogP contribution is -2.21. The zero-order chi connectivity index (χ0) is 30.7. The molecule has 0 unspecified atom stereocenters. The van der Waals surface area contributed by atoms with Crippen LogP contribution in [0, 0.1) is 6.92 Å². The van der Waals surface area contributed by atoms with E-state index in [-0.39, 0.29) is 29.3 Å². The molecule has 0 spiro atoms. The molecule has 1 heterocycles. The Balaban J connectivity index is 1.45. The normalized spacial score (nSPS) is 11.7. The highest BCUT2D eigenvalue weighted by molar-refractivity contribution is 9.11. The van der Waals surface area contributed by atoms with Crippen LogP contribution in [0.2, 0.25) is 0 Å². The number of alkyl halides is 3. The van der Waals surface area contributed by atoms with Gasteiger partial charge in [-0.25, -0.2) is 4.98 Å². The number of amides is 1. The van der Waals surface area contributed by atoms with Gasteiger partial charge in [0.05, 0.1) is 31.6 Å². The van der Waals surface area contributed by atoms with Crippen LogP contribution in [-0.2, 0) is 11.0 Å². The molecule has 7 nitrogen and oxygen atoms in total. The molecule has 0 aliphatic carbocycles. The van der Waals surface area contributed by atoms with Crippen LogP contribution in [-0.4, -0.2) is 28.4 Å². The first-order valence-corrected chi connectivity index (χ1v) is 14.3. The van der Waals surface area contributed by atoms with Crippen LogP contribution in [0.1, 0.15) is 16.7 Å². The maximum atomic E-state index is 13.4. The standard InChI is InChI=1S/C31H21Br2F3N4O3/c1-18-7-2-4-11-25(18)38-27(41)17-43-28-23(32)13-19(14-24(28)33)16-37-40-29(20-8-6-9-21(15-20)31(34,35)36)39-26-12-5-3-10-22(26)30(40)42/h2-16H,17H2,1H3,(H,38,41). The van der Waals surface area contributed by atoms with Gasteiger partial charge >= 0.3 is 6.18 Å². The average Bonchev–Trinajstić information content (AvgIpc) is 2.97. The number of para-hydroxylation sites is 2. The number of aromatic nitrogens is 2. The number of halogens is 5. The zero-order valence-electron chi connectivity index (χ0n) is 22.3. The van der Waals surface area contributed by atoms with Crippen molar-refractivity contribution < 1.29 is 22.7 Å². The van der Waals surface area contributed by atoms with Crippen molar-refractivity contribution >= 4 is 60.6 Å². The third-order valence-corrected chi connectivity index (χ3v) is 7.49. The summed E-state index contributed by atoms with van der Waals surface area (Å²) >= 11 is 6.88. The summed E-state index contributed by atoms with van der Waals surface area (Å²) in [4.78, 5) is 30.3. The van der Waals surface area contributed by atoms with Gasteiger partial charge < -0.3 is 10.1 Å². The summed E-state index contributed by atoms with van der Waals surface area (Å²) in [5.74, 6) is -0.0286. The fourth-order valence-electron chi connectivity index (χ4n) is 4.21. The molecule has 5 aromatic rings. The quantitative estimate of drug-likeness (QED) is 0.174. The number of aryl methyl sites for hydroxylation is 1. The Labute approximate surface area is 260 Å². The molecule has 218 valence electrons. The van der Waals surface area contributed by atoms with Gasteiger partial charge in [-0.3, -0.25) is 9.59 Å².